The van der Waals surface area contributed by atoms with Gasteiger partial charge in [0.2, 0.25) is 15.9 Å². The van der Waals surface area contributed by atoms with E-state index in [0.29, 0.717) is 35.3 Å². The van der Waals surface area contributed by atoms with Gasteiger partial charge in [0.15, 0.2) is 0 Å². The van der Waals surface area contributed by atoms with Crippen LogP contribution in [0.1, 0.15) is 44.2 Å². The molecule has 2 aromatic carbocycles. The van der Waals surface area contributed by atoms with Crippen molar-refractivity contribution in [2.45, 2.75) is 38.6 Å². The smallest absolute Gasteiger partial charge is 0.232 e. The topological polar surface area (TPSA) is 97.0 Å². The van der Waals surface area contributed by atoms with Crippen molar-refractivity contribution in [2.75, 3.05) is 10.5 Å². The van der Waals surface area contributed by atoms with Gasteiger partial charge in [0.1, 0.15) is 11.8 Å². The Balaban J connectivity index is 1.58. The third kappa shape index (κ3) is 4.60. The molecule has 0 atom stereocenters. The van der Waals surface area contributed by atoms with Crippen LogP contribution in [0.3, 0.4) is 0 Å². The van der Waals surface area contributed by atoms with Gasteiger partial charge in [-0.1, -0.05) is 25.1 Å². The highest BCUT2D eigenvalue weighted by atomic mass is 32.2. The number of ether oxygens (including phenoxy) is 1. The molecule has 0 bridgehead atoms. The number of fused-ring (bicyclic) bond motifs is 1. The van der Waals surface area contributed by atoms with Crippen LogP contribution in [0.4, 0.5) is 5.69 Å². The van der Waals surface area contributed by atoms with Gasteiger partial charge in [-0.05, 0) is 61.6 Å². The van der Waals surface area contributed by atoms with Gasteiger partial charge in [-0.25, -0.2) is 13.4 Å². The van der Waals surface area contributed by atoms with E-state index < -0.39 is 10.0 Å². The van der Waals surface area contributed by atoms with Gasteiger partial charge < -0.3 is 9.30 Å². The second kappa shape index (κ2) is 9.43. The molecule has 0 amide bonds. The van der Waals surface area contributed by atoms with Gasteiger partial charge in [-0.15, -0.1) is 0 Å². The number of rotatable bonds is 8. The monoisotopic (exact) mass is 486 g/mol. The van der Waals surface area contributed by atoms with Crippen LogP contribution in [0.5, 0.6) is 11.6 Å². The minimum atomic E-state index is -3.37. The SMILES string of the molecule is CCCS(=O)(=O)Nc1ccc(-c2c(C#N)c3ccc(Oc4ccccn4)cc3n2C2CCC2)cc1. The van der Waals surface area contributed by atoms with Crippen molar-refractivity contribution >= 4 is 26.6 Å². The first-order valence-corrected chi connectivity index (χ1v) is 13.4. The fourth-order valence-electron chi connectivity index (χ4n) is 4.50. The quantitative estimate of drug-likeness (QED) is 0.318. The Morgan fingerprint density at radius 3 is 2.57 bits per heavy atom. The zero-order valence-corrected chi connectivity index (χ0v) is 20.3. The molecule has 1 fully saturated rings. The molecule has 0 unspecified atom stereocenters. The number of pyridine rings is 1. The Hall–Kier alpha value is -3.83. The highest BCUT2D eigenvalue weighted by Gasteiger charge is 2.28. The van der Waals surface area contributed by atoms with Crippen LogP contribution in [0, 0.1) is 11.3 Å². The van der Waals surface area contributed by atoms with Crippen molar-refractivity contribution in [1.82, 2.24) is 9.55 Å². The van der Waals surface area contributed by atoms with E-state index in [4.69, 9.17) is 4.74 Å². The first-order chi connectivity index (χ1) is 17.0. The number of nitrogens with one attached hydrogen (secondary N) is 1. The van der Waals surface area contributed by atoms with Crippen LogP contribution >= 0.6 is 0 Å². The Morgan fingerprint density at radius 1 is 1.14 bits per heavy atom. The van der Waals surface area contributed by atoms with Crippen molar-refractivity contribution in [2.24, 2.45) is 0 Å². The molecule has 0 radical (unpaired) electrons. The molecule has 0 aliphatic heterocycles. The largest absolute Gasteiger partial charge is 0.439 e. The number of anilines is 1. The molecular weight excluding hydrogens is 460 g/mol. The molecule has 4 aromatic rings. The van der Waals surface area contributed by atoms with Gasteiger partial charge >= 0.3 is 0 Å². The van der Waals surface area contributed by atoms with Crippen LogP contribution in [-0.2, 0) is 10.0 Å². The van der Waals surface area contributed by atoms with Crippen LogP contribution in [0.25, 0.3) is 22.2 Å². The van der Waals surface area contributed by atoms with E-state index in [-0.39, 0.29) is 5.75 Å². The predicted molar refractivity (Wildman–Crippen MR) is 137 cm³/mol. The van der Waals surface area contributed by atoms with Gasteiger partial charge in [0.25, 0.3) is 0 Å². The van der Waals surface area contributed by atoms with Crippen molar-refractivity contribution in [3.8, 4) is 29.0 Å². The zero-order chi connectivity index (χ0) is 24.4. The number of benzene rings is 2. The Kier molecular flexibility index (Phi) is 6.18. The average Bonchev–Trinajstić information content (AvgIpc) is 3.12. The highest BCUT2D eigenvalue weighted by Crippen LogP contribution is 2.43. The normalized spacial score (nSPS) is 13.8. The fourth-order valence-corrected chi connectivity index (χ4v) is 5.63. The summed E-state index contributed by atoms with van der Waals surface area (Å²) < 4.78 is 35.1. The van der Waals surface area contributed by atoms with E-state index in [1.807, 2.05) is 49.4 Å². The molecule has 7 nitrogen and oxygen atoms in total. The lowest BCUT2D eigenvalue weighted by Gasteiger charge is -2.30. The second-order valence-electron chi connectivity index (χ2n) is 8.74. The molecule has 1 saturated carbocycles. The first kappa shape index (κ1) is 22.9. The Labute approximate surface area is 205 Å². The maximum atomic E-state index is 12.2. The number of hydrogen-bond acceptors (Lipinski definition) is 5. The number of sulfonamides is 1. The van der Waals surface area contributed by atoms with Crippen molar-refractivity contribution in [1.29, 1.82) is 5.26 Å². The third-order valence-corrected chi connectivity index (χ3v) is 7.78. The Bertz CT molecular complexity index is 1500. The van der Waals surface area contributed by atoms with Gasteiger partial charge in [0.05, 0.1) is 22.5 Å². The number of hydrogen-bond donors (Lipinski definition) is 1. The second-order valence-corrected chi connectivity index (χ2v) is 10.6. The van der Waals surface area contributed by atoms with Crippen LogP contribution in [0.15, 0.2) is 66.9 Å². The van der Waals surface area contributed by atoms with Crippen LogP contribution in [-0.4, -0.2) is 23.7 Å². The molecule has 2 heterocycles. The summed E-state index contributed by atoms with van der Waals surface area (Å²) in [5.74, 6) is 1.24. The molecule has 178 valence electrons. The molecule has 2 aromatic heterocycles. The van der Waals surface area contributed by atoms with Crippen LogP contribution < -0.4 is 9.46 Å². The molecule has 35 heavy (non-hydrogen) atoms. The predicted octanol–water partition coefficient (Wildman–Crippen LogP) is 6.24. The van der Waals surface area contributed by atoms with Crippen LogP contribution in [0.2, 0.25) is 0 Å². The number of aromatic nitrogens is 2. The minimum Gasteiger partial charge on any atom is -0.439 e. The summed E-state index contributed by atoms with van der Waals surface area (Å²) in [5.41, 5.74) is 3.79. The lowest BCUT2D eigenvalue weighted by atomic mass is 9.92. The van der Waals surface area contributed by atoms with Crippen molar-refractivity contribution < 1.29 is 13.2 Å². The number of nitrogens with zero attached hydrogens (tertiary/aromatic N) is 3. The van der Waals surface area contributed by atoms with Gasteiger partial charge in [-0.3, -0.25) is 4.72 Å². The maximum absolute atomic E-state index is 12.2. The summed E-state index contributed by atoms with van der Waals surface area (Å²) in [6.07, 6.45) is 5.47. The molecule has 5 rings (SSSR count). The fraction of sp³-hybridized carbons (Fsp3) is 0.259. The number of nitriles is 1. The zero-order valence-electron chi connectivity index (χ0n) is 19.4. The third-order valence-electron chi connectivity index (χ3n) is 6.29. The van der Waals surface area contributed by atoms with E-state index in [2.05, 4.69) is 20.3 Å². The molecule has 1 N–H and O–H groups in total. The van der Waals surface area contributed by atoms with E-state index in [9.17, 15) is 13.7 Å². The average molecular weight is 487 g/mol. The molecule has 1 aliphatic rings. The molecule has 1 aliphatic carbocycles. The lowest BCUT2D eigenvalue weighted by Crippen LogP contribution is -2.18. The van der Waals surface area contributed by atoms with Crippen molar-refractivity contribution in [3.05, 3.63) is 72.4 Å². The summed E-state index contributed by atoms with van der Waals surface area (Å²) in [6.45, 7) is 1.83. The standard InChI is InChI=1S/C27H26N4O3S/c1-2-16-35(32,33)30-20-11-9-19(10-12-20)27-24(18-28)23-14-13-22(34-26-8-3-4-15-29-26)17-25(23)31(27)21-6-5-7-21/h3-4,8-15,17,21,30H,2,5-7,16H2,1H3. The minimum absolute atomic E-state index is 0.0756. The highest BCUT2D eigenvalue weighted by molar-refractivity contribution is 7.92. The molecular formula is C27H26N4O3S. The van der Waals surface area contributed by atoms with Gasteiger partial charge in [0, 0.05) is 35.4 Å². The summed E-state index contributed by atoms with van der Waals surface area (Å²) in [7, 11) is -3.37. The molecule has 8 heteroatoms. The summed E-state index contributed by atoms with van der Waals surface area (Å²) in [6, 6.07) is 21.2. The van der Waals surface area contributed by atoms with E-state index >= 15 is 0 Å². The van der Waals surface area contributed by atoms with Crippen molar-refractivity contribution in [3.63, 3.8) is 0 Å². The first-order valence-electron chi connectivity index (χ1n) is 11.8. The Morgan fingerprint density at radius 2 is 1.94 bits per heavy atom. The summed E-state index contributed by atoms with van der Waals surface area (Å²) >= 11 is 0. The van der Waals surface area contributed by atoms with E-state index in [1.165, 1.54) is 0 Å². The summed E-state index contributed by atoms with van der Waals surface area (Å²) in [4.78, 5) is 4.24. The van der Waals surface area contributed by atoms with E-state index in [0.717, 1.165) is 41.4 Å². The lowest BCUT2D eigenvalue weighted by molar-refractivity contribution is 0.324. The van der Waals surface area contributed by atoms with Gasteiger partial charge in [-0.2, -0.15) is 5.26 Å². The molecule has 0 spiro atoms. The maximum Gasteiger partial charge on any atom is 0.232 e. The molecule has 0 saturated heterocycles. The van der Waals surface area contributed by atoms with E-state index in [1.54, 1.807) is 24.4 Å². The summed E-state index contributed by atoms with van der Waals surface area (Å²) in [5, 5.41) is 11.0.